The summed E-state index contributed by atoms with van der Waals surface area (Å²) < 4.78 is 42.6. The van der Waals surface area contributed by atoms with Crippen LogP contribution >= 0.6 is 22.6 Å². The summed E-state index contributed by atoms with van der Waals surface area (Å²) in [6.45, 7) is 1.54. The Morgan fingerprint density at radius 2 is 1.84 bits per heavy atom. The van der Waals surface area contributed by atoms with Crippen molar-refractivity contribution in [3.63, 3.8) is 0 Å². The lowest BCUT2D eigenvalue weighted by Crippen LogP contribution is -2.34. The summed E-state index contributed by atoms with van der Waals surface area (Å²) in [5, 5.41) is 2.83. The number of anilines is 2. The quantitative estimate of drug-likeness (QED) is 0.313. The molecule has 2 aromatic heterocycles. The Morgan fingerprint density at radius 1 is 1.14 bits per heavy atom. The maximum Gasteiger partial charge on any atom is 0.333 e. The van der Waals surface area contributed by atoms with Gasteiger partial charge in [0.2, 0.25) is 10.0 Å². The highest BCUT2D eigenvalue weighted by Gasteiger charge is 2.21. The van der Waals surface area contributed by atoms with E-state index in [0.717, 1.165) is 10.6 Å². The van der Waals surface area contributed by atoms with Crippen LogP contribution in [0.15, 0.2) is 56.8 Å². The zero-order valence-electron chi connectivity index (χ0n) is 20.3. The van der Waals surface area contributed by atoms with E-state index < -0.39 is 32.6 Å². The Labute approximate surface area is 224 Å². The average molecular weight is 639 g/mol. The van der Waals surface area contributed by atoms with Gasteiger partial charge >= 0.3 is 5.69 Å². The Bertz CT molecular complexity index is 1850. The van der Waals surface area contributed by atoms with E-state index in [0.29, 0.717) is 14.8 Å². The molecule has 0 radical (unpaired) electrons. The van der Waals surface area contributed by atoms with Gasteiger partial charge in [-0.25, -0.2) is 21.9 Å². The summed E-state index contributed by atoms with van der Waals surface area (Å²) in [6.07, 6.45) is 1.08. The molecule has 0 unspecified atom stereocenters. The number of nitrogens with zero attached hydrogens (tertiary/aromatic N) is 3. The second-order valence-corrected chi connectivity index (χ2v) is 11.9. The Morgan fingerprint density at radius 3 is 2.49 bits per heavy atom. The van der Waals surface area contributed by atoms with Crippen LogP contribution in [0.4, 0.5) is 15.9 Å². The number of hydrogen-bond donors (Lipinski definition) is 2. The van der Waals surface area contributed by atoms with E-state index in [2.05, 4.69) is 10.3 Å². The van der Waals surface area contributed by atoms with Crippen molar-refractivity contribution in [3.8, 4) is 5.69 Å². The van der Waals surface area contributed by atoms with Crippen LogP contribution in [0.3, 0.4) is 0 Å². The third kappa shape index (κ3) is 5.10. The molecule has 0 spiro atoms. The van der Waals surface area contributed by atoms with E-state index in [1.807, 2.05) is 22.6 Å². The molecule has 2 aromatic carbocycles. The molecule has 0 aliphatic heterocycles. The predicted octanol–water partition coefficient (Wildman–Crippen LogP) is 2.56. The summed E-state index contributed by atoms with van der Waals surface area (Å²) in [5.74, 6) is -0.575. The lowest BCUT2D eigenvalue weighted by molar-refractivity contribution is 0.472. The van der Waals surface area contributed by atoms with E-state index in [1.165, 1.54) is 42.3 Å². The number of sulfonamides is 1. The molecular formula is C24H23FIN5O5S. The second kappa shape index (κ2) is 9.87. The van der Waals surface area contributed by atoms with E-state index in [1.54, 1.807) is 30.3 Å². The summed E-state index contributed by atoms with van der Waals surface area (Å²) in [4.78, 5) is 41.6. The molecular weight excluding hydrogens is 616 g/mol. The summed E-state index contributed by atoms with van der Waals surface area (Å²) in [6, 6.07) is 11.0. The number of aromatic nitrogens is 3. The third-order valence-electron chi connectivity index (χ3n) is 5.99. The lowest BCUT2D eigenvalue weighted by atomic mass is 10.1. The number of aromatic amines is 1. The van der Waals surface area contributed by atoms with Crippen LogP contribution < -0.4 is 22.1 Å². The Hall–Kier alpha value is -3.30. The van der Waals surface area contributed by atoms with Crippen LogP contribution in [-0.4, -0.2) is 40.1 Å². The molecule has 37 heavy (non-hydrogen) atoms. The average Bonchev–Trinajstić information content (AvgIpc) is 2.81. The minimum absolute atomic E-state index is 0.00803. The smallest absolute Gasteiger partial charge is 0.333 e. The van der Waals surface area contributed by atoms with Crippen LogP contribution in [0.25, 0.3) is 16.6 Å². The summed E-state index contributed by atoms with van der Waals surface area (Å²) >= 11 is 1.96. The van der Waals surface area contributed by atoms with Gasteiger partial charge in [-0.3, -0.25) is 23.7 Å². The fraction of sp³-hybridized carbons (Fsp3) is 0.208. The highest BCUT2D eigenvalue weighted by molar-refractivity contribution is 14.1. The van der Waals surface area contributed by atoms with Gasteiger partial charge in [0.1, 0.15) is 17.0 Å². The van der Waals surface area contributed by atoms with Crippen molar-refractivity contribution in [2.24, 2.45) is 7.05 Å². The molecule has 0 aliphatic carbocycles. The standard InChI is InChI=1S/C24H23FIN5O5S/c1-13-20-19(21(30(3)23(13)33)27-18-9-8-15(26)11-17(18)25)22(32)28-24(34)31(20)16-7-5-6-14(10-16)12-29(2)37(4,35)36/h5-11,27H,12H2,1-4H3,(H,28,32,34). The first-order chi connectivity index (χ1) is 17.3. The van der Waals surface area contributed by atoms with Crippen molar-refractivity contribution >= 4 is 55.0 Å². The number of halogens is 2. The number of pyridine rings is 1. The predicted molar refractivity (Wildman–Crippen MR) is 149 cm³/mol. The van der Waals surface area contributed by atoms with E-state index in [4.69, 9.17) is 0 Å². The minimum atomic E-state index is -3.45. The number of nitrogens with one attached hydrogen (secondary N) is 2. The number of fused-ring (bicyclic) bond motifs is 1. The van der Waals surface area contributed by atoms with Gasteiger partial charge in [0.25, 0.3) is 11.1 Å². The first kappa shape index (κ1) is 26.8. The van der Waals surface area contributed by atoms with Gasteiger partial charge in [-0.05, 0) is 65.4 Å². The molecule has 4 aromatic rings. The topological polar surface area (TPSA) is 126 Å². The van der Waals surface area contributed by atoms with E-state index in [9.17, 15) is 27.2 Å². The first-order valence-corrected chi connectivity index (χ1v) is 13.8. The van der Waals surface area contributed by atoms with Gasteiger partial charge in [-0.2, -0.15) is 0 Å². The molecule has 0 bridgehead atoms. The van der Waals surface area contributed by atoms with Gasteiger partial charge < -0.3 is 5.32 Å². The molecule has 4 rings (SSSR count). The number of benzene rings is 2. The highest BCUT2D eigenvalue weighted by Crippen LogP contribution is 2.27. The van der Waals surface area contributed by atoms with E-state index >= 15 is 0 Å². The molecule has 0 atom stereocenters. The van der Waals surface area contributed by atoms with Gasteiger partial charge in [0.15, 0.2) is 0 Å². The Balaban J connectivity index is 2.01. The normalized spacial score (nSPS) is 11.9. The zero-order valence-corrected chi connectivity index (χ0v) is 23.3. The molecule has 13 heteroatoms. The van der Waals surface area contributed by atoms with Gasteiger partial charge in [-0.1, -0.05) is 12.1 Å². The maximum absolute atomic E-state index is 14.6. The number of rotatable bonds is 6. The third-order valence-corrected chi connectivity index (χ3v) is 7.92. The van der Waals surface area contributed by atoms with Crippen molar-refractivity contribution in [3.05, 3.63) is 94.2 Å². The van der Waals surface area contributed by atoms with Crippen molar-refractivity contribution < 1.29 is 12.8 Å². The molecule has 2 heterocycles. The molecule has 0 saturated heterocycles. The van der Waals surface area contributed by atoms with Crippen LogP contribution in [0.1, 0.15) is 11.1 Å². The number of hydrogen-bond acceptors (Lipinski definition) is 6. The van der Waals surface area contributed by atoms with Crippen LogP contribution in [0.5, 0.6) is 0 Å². The van der Waals surface area contributed by atoms with Crippen LogP contribution in [0.2, 0.25) is 0 Å². The van der Waals surface area contributed by atoms with Crippen LogP contribution in [-0.2, 0) is 23.6 Å². The molecule has 0 aliphatic rings. The second-order valence-electron chi connectivity index (χ2n) is 8.59. The number of H-pyrrole nitrogens is 1. The van der Waals surface area contributed by atoms with Crippen LogP contribution in [0, 0.1) is 16.3 Å². The minimum Gasteiger partial charge on any atom is -0.338 e. The molecule has 0 fully saturated rings. The molecule has 0 saturated carbocycles. The van der Waals surface area contributed by atoms with Gasteiger partial charge in [0.05, 0.1) is 23.1 Å². The summed E-state index contributed by atoms with van der Waals surface area (Å²) in [7, 11) is -0.580. The summed E-state index contributed by atoms with van der Waals surface area (Å²) in [5.41, 5.74) is -0.904. The van der Waals surface area contributed by atoms with Crippen molar-refractivity contribution in [2.45, 2.75) is 13.5 Å². The fourth-order valence-electron chi connectivity index (χ4n) is 4.01. The highest BCUT2D eigenvalue weighted by atomic mass is 127. The van der Waals surface area contributed by atoms with Gasteiger partial charge in [0, 0.05) is 29.8 Å². The fourth-order valence-corrected chi connectivity index (χ4v) is 4.85. The van der Waals surface area contributed by atoms with Crippen molar-refractivity contribution in [1.82, 2.24) is 18.4 Å². The van der Waals surface area contributed by atoms with Gasteiger partial charge in [-0.15, -0.1) is 0 Å². The molecule has 2 N–H and O–H groups in total. The number of aryl methyl sites for hydroxylation is 1. The maximum atomic E-state index is 14.6. The largest absolute Gasteiger partial charge is 0.338 e. The van der Waals surface area contributed by atoms with Crippen molar-refractivity contribution in [1.29, 1.82) is 0 Å². The van der Waals surface area contributed by atoms with E-state index in [-0.39, 0.29) is 34.5 Å². The lowest BCUT2D eigenvalue weighted by Gasteiger charge is -2.19. The zero-order chi connectivity index (χ0) is 27.2. The monoisotopic (exact) mass is 639 g/mol. The molecule has 194 valence electrons. The Kier molecular flexibility index (Phi) is 7.14. The first-order valence-electron chi connectivity index (χ1n) is 10.9. The molecule has 10 nitrogen and oxygen atoms in total. The molecule has 0 amide bonds. The SMILES string of the molecule is Cc1c(=O)n(C)c(Nc2ccc(I)cc2F)c2c(=O)[nH]c(=O)n(-c3cccc(CN(C)S(C)(=O)=O)c3)c12. The van der Waals surface area contributed by atoms with Crippen molar-refractivity contribution in [2.75, 3.05) is 18.6 Å².